The van der Waals surface area contributed by atoms with E-state index in [2.05, 4.69) is 5.32 Å². The van der Waals surface area contributed by atoms with Gasteiger partial charge in [-0.25, -0.2) is 0 Å². The van der Waals surface area contributed by atoms with Gasteiger partial charge in [-0.3, -0.25) is 9.59 Å². The molecule has 1 heterocycles. The SMILES string of the molecule is Cc1cc(C(=O)CCl)c(C)n1CCC(=O)NC(C)C. The number of rotatable bonds is 6. The first kappa shape index (κ1) is 15.8. The van der Waals surface area contributed by atoms with Crippen molar-refractivity contribution in [2.24, 2.45) is 0 Å². The van der Waals surface area contributed by atoms with Gasteiger partial charge in [0.15, 0.2) is 5.78 Å². The number of alkyl halides is 1. The average molecular weight is 285 g/mol. The fraction of sp³-hybridized carbons (Fsp3) is 0.571. The third-order valence-corrected chi connectivity index (χ3v) is 3.25. The fourth-order valence-corrected chi connectivity index (χ4v) is 2.25. The van der Waals surface area contributed by atoms with E-state index in [-0.39, 0.29) is 23.6 Å². The number of hydrogen-bond donors (Lipinski definition) is 1. The summed E-state index contributed by atoms with van der Waals surface area (Å²) in [4.78, 5) is 23.3. The minimum absolute atomic E-state index is 0.0157. The Hall–Kier alpha value is -1.29. The van der Waals surface area contributed by atoms with Crippen LogP contribution in [-0.2, 0) is 11.3 Å². The molecule has 0 aliphatic carbocycles. The molecule has 106 valence electrons. The van der Waals surface area contributed by atoms with E-state index in [4.69, 9.17) is 11.6 Å². The van der Waals surface area contributed by atoms with E-state index in [1.54, 1.807) is 0 Å². The molecule has 0 aliphatic rings. The van der Waals surface area contributed by atoms with Gasteiger partial charge >= 0.3 is 0 Å². The van der Waals surface area contributed by atoms with Crippen LogP contribution >= 0.6 is 11.6 Å². The van der Waals surface area contributed by atoms with Crippen molar-refractivity contribution in [3.63, 3.8) is 0 Å². The minimum Gasteiger partial charge on any atom is -0.354 e. The van der Waals surface area contributed by atoms with E-state index in [0.29, 0.717) is 18.5 Å². The Bertz CT molecular complexity index is 478. The highest BCUT2D eigenvalue weighted by Gasteiger charge is 2.15. The van der Waals surface area contributed by atoms with Gasteiger partial charge < -0.3 is 9.88 Å². The normalized spacial score (nSPS) is 10.8. The summed E-state index contributed by atoms with van der Waals surface area (Å²) in [5, 5.41) is 2.85. The van der Waals surface area contributed by atoms with Gasteiger partial charge in [-0.05, 0) is 33.8 Å². The Labute approximate surface area is 119 Å². The highest BCUT2D eigenvalue weighted by molar-refractivity contribution is 6.30. The number of ketones is 1. The van der Waals surface area contributed by atoms with Crippen molar-refractivity contribution < 1.29 is 9.59 Å². The van der Waals surface area contributed by atoms with Crippen LogP contribution in [0.4, 0.5) is 0 Å². The standard InChI is InChI=1S/C14H21ClN2O2/c1-9(2)16-14(19)5-6-17-10(3)7-12(11(17)4)13(18)8-15/h7,9H,5-6,8H2,1-4H3,(H,16,19). The van der Waals surface area contributed by atoms with Crippen molar-refractivity contribution in [1.82, 2.24) is 9.88 Å². The van der Waals surface area contributed by atoms with Crippen molar-refractivity contribution >= 4 is 23.3 Å². The van der Waals surface area contributed by atoms with Gasteiger partial charge in [0, 0.05) is 36.0 Å². The molecule has 0 aromatic carbocycles. The summed E-state index contributed by atoms with van der Waals surface area (Å²) in [6, 6.07) is 1.98. The third kappa shape index (κ3) is 4.10. The van der Waals surface area contributed by atoms with E-state index >= 15 is 0 Å². The molecule has 0 fully saturated rings. The number of nitrogens with one attached hydrogen (secondary N) is 1. The van der Waals surface area contributed by atoms with Crippen LogP contribution < -0.4 is 5.32 Å². The van der Waals surface area contributed by atoms with E-state index in [0.717, 1.165) is 11.4 Å². The monoisotopic (exact) mass is 284 g/mol. The number of nitrogens with zero attached hydrogens (tertiary/aromatic N) is 1. The molecule has 0 atom stereocenters. The number of halogens is 1. The Morgan fingerprint density at radius 2 is 2.00 bits per heavy atom. The van der Waals surface area contributed by atoms with Crippen molar-refractivity contribution in [2.45, 2.75) is 46.7 Å². The lowest BCUT2D eigenvalue weighted by atomic mass is 10.2. The molecule has 0 bridgehead atoms. The van der Waals surface area contributed by atoms with E-state index in [1.165, 1.54) is 0 Å². The second-order valence-corrected chi connectivity index (χ2v) is 5.23. The lowest BCUT2D eigenvalue weighted by molar-refractivity contribution is -0.121. The summed E-state index contributed by atoms with van der Waals surface area (Å²) >= 11 is 5.58. The summed E-state index contributed by atoms with van der Waals surface area (Å²) < 4.78 is 1.99. The van der Waals surface area contributed by atoms with Crippen LogP contribution in [-0.4, -0.2) is 28.2 Å². The molecule has 0 aliphatic heterocycles. The number of aromatic nitrogens is 1. The molecule has 4 nitrogen and oxygen atoms in total. The summed E-state index contributed by atoms with van der Waals surface area (Å²) in [6.07, 6.45) is 0.406. The topological polar surface area (TPSA) is 51.1 Å². The molecule has 1 amide bonds. The first-order chi connectivity index (χ1) is 8.86. The van der Waals surface area contributed by atoms with Gasteiger partial charge in [0.1, 0.15) is 0 Å². The number of hydrogen-bond acceptors (Lipinski definition) is 2. The number of amides is 1. The van der Waals surface area contributed by atoms with E-state index < -0.39 is 0 Å². The van der Waals surface area contributed by atoms with Crippen LogP contribution in [0.5, 0.6) is 0 Å². The summed E-state index contributed by atoms with van der Waals surface area (Å²) in [5.74, 6) is -0.0710. The van der Waals surface area contributed by atoms with Gasteiger partial charge in [-0.1, -0.05) is 0 Å². The molecule has 0 radical (unpaired) electrons. The van der Waals surface area contributed by atoms with E-state index in [1.807, 2.05) is 38.3 Å². The molecule has 19 heavy (non-hydrogen) atoms. The zero-order valence-corrected chi connectivity index (χ0v) is 12.7. The lowest BCUT2D eigenvalue weighted by Crippen LogP contribution is -2.30. The van der Waals surface area contributed by atoms with Crippen molar-refractivity contribution in [1.29, 1.82) is 0 Å². The zero-order chi connectivity index (χ0) is 14.6. The highest BCUT2D eigenvalue weighted by Crippen LogP contribution is 2.16. The van der Waals surface area contributed by atoms with Crippen molar-refractivity contribution in [2.75, 3.05) is 5.88 Å². The van der Waals surface area contributed by atoms with Gasteiger partial charge in [-0.15, -0.1) is 11.6 Å². The minimum atomic E-state index is -0.0763. The van der Waals surface area contributed by atoms with Crippen molar-refractivity contribution in [3.05, 3.63) is 23.0 Å². The Morgan fingerprint density at radius 3 is 2.53 bits per heavy atom. The average Bonchev–Trinajstić information content (AvgIpc) is 2.61. The van der Waals surface area contributed by atoms with Crippen LogP contribution in [0.2, 0.25) is 0 Å². The second kappa shape index (κ2) is 6.75. The summed E-state index contributed by atoms with van der Waals surface area (Å²) in [7, 11) is 0. The molecule has 1 aromatic rings. The maximum Gasteiger partial charge on any atom is 0.221 e. The molecule has 1 N–H and O–H groups in total. The van der Waals surface area contributed by atoms with Gasteiger partial charge in [0.2, 0.25) is 5.91 Å². The first-order valence-electron chi connectivity index (χ1n) is 6.42. The molecule has 1 rings (SSSR count). The Morgan fingerprint density at radius 1 is 1.37 bits per heavy atom. The summed E-state index contributed by atoms with van der Waals surface area (Å²) in [6.45, 7) is 8.25. The predicted octanol–water partition coefficient (Wildman–Crippen LogP) is 2.44. The Kier molecular flexibility index (Phi) is 5.60. The van der Waals surface area contributed by atoms with Crippen LogP contribution in [0.3, 0.4) is 0 Å². The second-order valence-electron chi connectivity index (χ2n) is 4.97. The van der Waals surface area contributed by atoms with E-state index in [9.17, 15) is 9.59 Å². The van der Waals surface area contributed by atoms with Gasteiger partial charge in [0.05, 0.1) is 5.88 Å². The maximum atomic E-state index is 11.7. The third-order valence-electron chi connectivity index (χ3n) is 3.01. The van der Waals surface area contributed by atoms with Crippen molar-refractivity contribution in [3.8, 4) is 0 Å². The molecule has 0 unspecified atom stereocenters. The van der Waals surface area contributed by atoms with Crippen LogP contribution in [0.25, 0.3) is 0 Å². The fourth-order valence-electron chi connectivity index (χ4n) is 2.11. The van der Waals surface area contributed by atoms with Crippen LogP contribution in [0, 0.1) is 13.8 Å². The molecule has 0 saturated carbocycles. The number of aryl methyl sites for hydroxylation is 1. The highest BCUT2D eigenvalue weighted by atomic mass is 35.5. The maximum absolute atomic E-state index is 11.7. The predicted molar refractivity (Wildman–Crippen MR) is 76.9 cm³/mol. The van der Waals surface area contributed by atoms with Gasteiger partial charge in [0.25, 0.3) is 0 Å². The van der Waals surface area contributed by atoms with Gasteiger partial charge in [-0.2, -0.15) is 0 Å². The molecule has 1 aromatic heterocycles. The Balaban J connectivity index is 2.77. The number of carbonyl (C=O) groups excluding carboxylic acids is 2. The van der Waals surface area contributed by atoms with Crippen LogP contribution in [0.15, 0.2) is 6.07 Å². The quantitative estimate of drug-likeness (QED) is 0.644. The molecule has 0 saturated heterocycles. The zero-order valence-electron chi connectivity index (χ0n) is 11.9. The number of carbonyl (C=O) groups is 2. The number of Topliss-reactive ketones (excluding diaryl/α,β-unsaturated/α-hetero) is 1. The summed E-state index contributed by atoms with van der Waals surface area (Å²) in [5.41, 5.74) is 2.50. The first-order valence-corrected chi connectivity index (χ1v) is 6.95. The molecule has 5 heteroatoms. The largest absolute Gasteiger partial charge is 0.354 e. The lowest BCUT2D eigenvalue weighted by Gasteiger charge is -2.11. The molecular weight excluding hydrogens is 264 g/mol. The smallest absolute Gasteiger partial charge is 0.221 e. The molecular formula is C14H21ClN2O2. The van der Waals surface area contributed by atoms with Crippen LogP contribution in [0.1, 0.15) is 42.0 Å². The molecule has 0 spiro atoms.